The normalized spacial score (nSPS) is 17.8. The number of halogens is 1. The molecule has 4 heteroatoms. The molecule has 0 fully saturated rings. The summed E-state index contributed by atoms with van der Waals surface area (Å²) in [5, 5.41) is 3.14. The van der Waals surface area contributed by atoms with Crippen LogP contribution in [-0.4, -0.2) is 11.9 Å². The van der Waals surface area contributed by atoms with Gasteiger partial charge in [0, 0.05) is 6.04 Å². The van der Waals surface area contributed by atoms with Crippen LogP contribution < -0.4 is 5.32 Å². The highest BCUT2D eigenvalue weighted by molar-refractivity contribution is 9.11. The fourth-order valence-electron chi connectivity index (χ4n) is 2.51. The third-order valence-electron chi connectivity index (χ3n) is 3.48. The second-order valence-electron chi connectivity index (χ2n) is 4.79. The molecule has 1 N–H and O–H groups in total. The second kappa shape index (κ2) is 5.47. The Labute approximate surface area is 125 Å². The van der Waals surface area contributed by atoms with Gasteiger partial charge >= 0.3 is 0 Å². The van der Waals surface area contributed by atoms with Crippen LogP contribution in [0.3, 0.4) is 0 Å². The zero-order valence-corrected chi connectivity index (χ0v) is 12.8. The summed E-state index contributed by atoms with van der Waals surface area (Å²) in [4.78, 5) is 12.9. The lowest BCUT2D eigenvalue weighted by atomic mass is 9.88. The van der Waals surface area contributed by atoms with E-state index >= 15 is 0 Å². The first-order valence-electron chi connectivity index (χ1n) is 6.35. The molecule has 0 saturated heterocycles. The van der Waals surface area contributed by atoms with E-state index in [1.807, 2.05) is 12.1 Å². The van der Waals surface area contributed by atoms with E-state index in [9.17, 15) is 4.79 Å². The summed E-state index contributed by atoms with van der Waals surface area (Å²) in [6, 6.07) is 12.5. The maximum absolute atomic E-state index is 12.1. The number of amides is 1. The van der Waals surface area contributed by atoms with Gasteiger partial charge in [0.05, 0.1) is 8.66 Å². The third kappa shape index (κ3) is 2.90. The van der Waals surface area contributed by atoms with E-state index in [-0.39, 0.29) is 11.9 Å². The minimum absolute atomic E-state index is 0.0417. The van der Waals surface area contributed by atoms with Crippen LogP contribution in [0.4, 0.5) is 0 Å². The van der Waals surface area contributed by atoms with Crippen molar-refractivity contribution < 1.29 is 4.79 Å². The molecule has 2 nitrogen and oxygen atoms in total. The van der Waals surface area contributed by atoms with Crippen LogP contribution in [0, 0.1) is 0 Å². The summed E-state index contributed by atoms with van der Waals surface area (Å²) in [7, 11) is 0. The van der Waals surface area contributed by atoms with E-state index in [0.29, 0.717) is 0 Å². The highest BCUT2D eigenvalue weighted by atomic mass is 79.9. The van der Waals surface area contributed by atoms with Gasteiger partial charge in [0.15, 0.2) is 0 Å². The Hall–Kier alpha value is -1.13. The number of fused-ring (bicyclic) bond motifs is 1. The Balaban J connectivity index is 1.68. The van der Waals surface area contributed by atoms with Crippen molar-refractivity contribution in [3.63, 3.8) is 0 Å². The monoisotopic (exact) mass is 335 g/mol. The van der Waals surface area contributed by atoms with Crippen LogP contribution in [0.25, 0.3) is 0 Å². The first-order chi connectivity index (χ1) is 9.22. The van der Waals surface area contributed by atoms with Gasteiger partial charge < -0.3 is 5.32 Å². The number of hydrogen-bond donors (Lipinski definition) is 1. The van der Waals surface area contributed by atoms with Gasteiger partial charge in [-0.1, -0.05) is 24.3 Å². The summed E-state index contributed by atoms with van der Waals surface area (Å²) in [5.41, 5.74) is 2.79. The summed E-state index contributed by atoms with van der Waals surface area (Å²) in [6.45, 7) is 0. The average molecular weight is 336 g/mol. The molecule has 0 unspecified atom stereocenters. The number of benzene rings is 1. The predicted molar refractivity (Wildman–Crippen MR) is 81.7 cm³/mol. The van der Waals surface area contributed by atoms with Gasteiger partial charge in [0.1, 0.15) is 0 Å². The highest BCUT2D eigenvalue weighted by Gasteiger charge is 2.20. The molecule has 1 aliphatic carbocycles. The lowest BCUT2D eigenvalue weighted by molar-refractivity contribution is 0.0938. The Morgan fingerprint density at radius 2 is 2.00 bits per heavy atom. The van der Waals surface area contributed by atoms with Gasteiger partial charge in [-0.25, -0.2) is 0 Å². The zero-order chi connectivity index (χ0) is 13.2. The number of carbonyl (C=O) groups is 1. The molecule has 3 rings (SSSR count). The Morgan fingerprint density at radius 1 is 1.21 bits per heavy atom. The van der Waals surface area contributed by atoms with Crippen molar-refractivity contribution in [2.75, 3.05) is 0 Å². The Kier molecular flexibility index (Phi) is 3.71. The van der Waals surface area contributed by atoms with E-state index in [4.69, 9.17) is 0 Å². The summed E-state index contributed by atoms with van der Waals surface area (Å²) >= 11 is 4.86. The number of nitrogens with one attached hydrogen (secondary N) is 1. The number of carbonyl (C=O) groups excluding carboxylic acids is 1. The van der Waals surface area contributed by atoms with Crippen LogP contribution in [0.15, 0.2) is 40.2 Å². The third-order valence-corrected chi connectivity index (χ3v) is 5.10. The van der Waals surface area contributed by atoms with Crippen LogP contribution in [-0.2, 0) is 12.8 Å². The molecule has 0 saturated carbocycles. The predicted octanol–water partition coefficient (Wildman–Crippen LogP) is 3.80. The fraction of sp³-hybridized carbons (Fsp3) is 0.267. The topological polar surface area (TPSA) is 29.1 Å². The van der Waals surface area contributed by atoms with Crippen molar-refractivity contribution >= 4 is 33.2 Å². The van der Waals surface area contributed by atoms with Crippen molar-refractivity contribution in [3.05, 3.63) is 56.2 Å². The molecule has 0 radical (unpaired) electrons. The van der Waals surface area contributed by atoms with Crippen molar-refractivity contribution in [2.24, 2.45) is 0 Å². The fourth-order valence-corrected chi connectivity index (χ4v) is 3.80. The second-order valence-corrected chi connectivity index (χ2v) is 7.25. The molecular formula is C15H14BrNOS. The molecule has 0 bridgehead atoms. The number of hydrogen-bond acceptors (Lipinski definition) is 2. The van der Waals surface area contributed by atoms with E-state index in [0.717, 1.165) is 27.9 Å². The molecule has 98 valence electrons. The first kappa shape index (κ1) is 12.9. The SMILES string of the molecule is O=C(N[C@@H]1CCc2ccccc2C1)c1ccc(Br)s1. The number of rotatable bonds is 2. The maximum Gasteiger partial charge on any atom is 0.261 e. The molecule has 1 amide bonds. The first-order valence-corrected chi connectivity index (χ1v) is 7.96. The lowest BCUT2D eigenvalue weighted by Gasteiger charge is -2.25. The molecule has 0 spiro atoms. The molecule has 1 aromatic carbocycles. The molecule has 2 aromatic rings. The van der Waals surface area contributed by atoms with Gasteiger partial charge in [0.2, 0.25) is 0 Å². The largest absolute Gasteiger partial charge is 0.348 e. The van der Waals surface area contributed by atoms with Crippen molar-refractivity contribution in [2.45, 2.75) is 25.3 Å². The summed E-state index contributed by atoms with van der Waals surface area (Å²) < 4.78 is 0.992. The van der Waals surface area contributed by atoms with Crippen LogP contribution in [0.1, 0.15) is 27.2 Å². The summed E-state index contributed by atoms with van der Waals surface area (Å²) in [5.74, 6) is 0.0417. The van der Waals surface area contributed by atoms with Crippen molar-refractivity contribution in [1.82, 2.24) is 5.32 Å². The number of thiophene rings is 1. The average Bonchev–Trinajstić information content (AvgIpc) is 2.85. The van der Waals surface area contributed by atoms with E-state index < -0.39 is 0 Å². The molecule has 1 aromatic heterocycles. The minimum atomic E-state index is 0.0417. The van der Waals surface area contributed by atoms with Crippen LogP contribution in [0.2, 0.25) is 0 Å². The number of aryl methyl sites for hydroxylation is 1. The van der Waals surface area contributed by atoms with Crippen LogP contribution >= 0.6 is 27.3 Å². The van der Waals surface area contributed by atoms with Gasteiger partial charge in [-0.05, 0) is 58.5 Å². The van der Waals surface area contributed by atoms with Crippen molar-refractivity contribution in [1.29, 1.82) is 0 Å². The lowest BCUT2D eigenvalue weighted by Crippen LogP contribution is -2.38. The van der Waals surface area contributed by atoms with E-state index in [2.05, 4.69) is 45.5 Å². The molecule has 1 aliphatic rings. The van der Waals surface area contributed by atoms with Crippen LogP contribution in [0.5, 0.6) is 0 Å². The molecular weight excluding hydrogens is 322 g/mol. The molecule has 1 heterocycles. The van der Waals surface area contributed by atoms with Gasteiger partial charge in [-0.15, -0.1) is 11.3 Å². The summed E-state index contributed by atoms with van der Waals surface area (Å²) in [6.07, 6.45) is 3.01. The molecule has 0 aliphatic heterocycles. The molecule has 1 atom stereocenters. The zero-order valence-electron chi connectivity index (χ0n) is 10.4. The van der Waals surface area contributed by atoms with E-state index in [1.165, 1.54) is 22.5 Å². The highest BCUT2D eigenvalue weighted by Crippen LogP contribution is 2.24. The molecule has 19 heavy (non-hydrogen) atoms. The Bertz CT molecular complexity index is 608. The van der Waals surface area contributed by atoms with E-state index in [1.54, 1.807) is 0 Å². The van der Waals surface area contributed by atoms with Gasteiger partial charge in [0.25, 0.3) is 5.91 Å². The van der Waals surface area contributed by atoms with Gasteiger partial charge in [-0.2, -0.15) is 0 Å². The quantitative estimate of drug-likeness (QED) is 0.888. The standard InChI is InChI=1S/C15H14BrNOS/c16-14-8-7-13(19-14)15(18)17-12-6-5-10-3-1-2-4-11(10)9-12/h1-4,7-8,12H,5-6,9H2,(H,17,18)/t12-/m1/s1. The maximum atomic E-state index is 12.1. The van der Waals surface area contributed by atoms with Gasteiger partial charge in [-0.3, -0.25) is 4.79 Å². The minimum Gasteiger partial charge on any atom is -0.348 e. The smallest absolute Gasteiger partial charge is 0.261 e. The van der Waals surface area contributed by atoms with Crippen molar-refractivity contribution in [3.8, 4) is 0 Å². The Morgan fingerprint density at radius 3 is 2.74 bits per heavy atom.